The Morgan fingerprint density at radius 2 is 1.83 bits per heavy atom. The Bertz CT molecular complexity index is 1060. The highest BCUT2D eigenvalue weighted by molar-refractivity contribution is 5.85. The highest BCUT2D eigenvalue weighted by Crippen LogP contribution is 2.32. The van der Waals surface area contributed by atoms with E-state index in [2.05, 4.69) is 71.7 Å². The molecule has 1 amide bonds. The van der Waals surface area contributed by atoms with Crippen LogP contribution in [0.3, 0.4) is 0 Å². The molecule has 4 aromatic rings. The topological polar surface area (TPSA) is 47.2 Å². The van der Waals surface area contributed by atoms with Crippen molar-refractivity contribution in [3.8, 4) is 0 Å². The van der Waals surface area contributed by atoms with E-state index in [0.29, 0.717) is 13.0 Å². The molecule has 2 aromatic carbocycles. The van der Waals surface area contributed by atoms with E-state index < -0.39 is 0 Å². The average molecular weight is 386 g/mol. The molecule has 0 radical (unpaired) electrons. The zero-order chi connectivity index (χ0) is 20.1. The fourth-order valence-corrected chi connectivity index (χ4v) is 3.95. The first-order valence-corrected chi connectivity index (χ1v) is 10.1. The van der Waals surface area contributed by atoms with Gasteiger partial charge in [-0.1, -0.05) is 48.5 Å². The van der Waals surface area contributed by atoms with E-state index in [9.17, 15) is 4.79 Å². The van der Waals surface area contributed by atoms with Crippen molar-refractivity contribution in [2.45, 2.75) is 31.7 Å². The third-order valence-electron chi connectivity index (χ3n) is 5.46. The van der Waals surface area contributed by atoms with Gasteiger partial charge in [-0.3, -0.25) is 4.79 Å². The number of carbonyl (C=O) groups excluding carboxylic acids is 1. The molecule has 1 N–H and O–H groups in total. The number of fused-ring (bicyclic) bond motifs is 1. The van der Waals surface area contributed by atoms with Crippen LogP contribution in [-0.4, -0.2) is 10.5 Å². The zero-order valence-corrected chi connectivity index (χ0v) is 16.7. The molecule has 0 aliphatic heterocycles. The van der Waals surface area contributed by atoms with Crippen LogP contribution in [0.5, 0.6) is 0 Å². The van der Waals surface area contributed by atoms with Gasteiger partial charge in [-0.2, -0.15) is 0 Å². The van der Waals surface area contributed by atoms with Crippen LogP contribution in [0.25, 0.3) is 10.9 Å². The zero-order valence-electron chi connectivity index (χ0n) is 16.7. The van der Waals surface area contributed by atoms with E-state index >= 15 is 0 Å². The average Bonchev–Trinajstić information content (AvgIpc) is 3.39. The van der Waals surface area contributed by atoms with Crippen molar-refractivity contribution in [2.24, 2.45) is 7.05 Å². The number of amides is 1. The molecular formula is C25H26N2O2. The summed E-state index contributed by atoms with van der Waals surface area (Å²) in [6.45, 7) is 0.423. The first kappa shape index (κ1) is 19.1. The minimum atomic E-state index is 0.0485. The second-order valence-electron chi connectivity index (χ2n) is 7.49. The third kappa shape index (κ3) is 4.60. The number of carbonyl (C=O) groups is 1. The molecule has 148 valence electrons. The van der Waals surface area contributed by atoms with E-state index in [1.165, 1.54) is 22.0 Å². The van der Waals surface area contributed by atoms with Gasteiger partial charge >= 0.3 is 0 Å². The molecule has 0 aliphatic carbocycles. The quantitative estimate of drug-likeness (QED) is 0.453. The van der Waals surface area contributed by atoms with Crippen LogP contribution in [-0.2, 0) is 24.8 Å². The minimum absolute atomic E-state index is 0.0485. The molecule has 2 heterocycles. The summed E-state index contributed by atoms with van der Waals surface area (Å²) >= 11 is 0. The maximum Gasteiger partial charge on any atom is 0.220 e. The van der Waals surface area contributed by atoms with Gasteiger partial charge in [0.25, 0.3) is 0 Å². The van der Waals surface area contributed by atoms with Crippen LogP contribution in [0.4, 0.5) is 0 Å². The number of aryl methyl sites for hydroxylation is 2. The number of nitrogens with one attached hydrogen (secondary N) is 1. The maximum absolute atomic E-state index is 12.7. The van der Waals surface area contributed by atoms with E-state index in [1.807, 2.05) is 18.2 Å². The van der Waals surface area contributed by atoms with E-state index in [4.69, 9.17) is 4.42 Å². The van der Waals surface area contributed by atoms with Crippen LogP contribution in [0.2, 0.25) is 0 Å². The normalized spacial score (nSPS) is 12.2. The lowest BCUT2D eigenvalue weighted by Crippen LogP contribution is -2.24. The van der Waals surface area contributed by atoms with Gasteiger partial charge in [0.1, 0.15) is 5.76 Å². The fourth-order valence-electron chi connectivity index (χ4n) is 3.95. The summed E-state index contributed by atoms with van der Waals surface area (Å²) in [7, 11) is 2.07. The summed E-state index contributed by atoms with van der Waals surface area (Å²) in [5.74, 6) is 0.967. The van der Waals surface area contributed by atoms with Crippen LogP contribution in [0, 0.1) is 0 Å². The molecule has 4 nitrogen and oxygen atoms in total. The van der Waals surface area contributed by atoms with Crippen molar-refractivity contribution in [2.75, 3.05) is 0 Å². The minimum Gasteiger partial charge on any atom is -0.467 e. The van der Waals surface area contributed by atoms with E-state index in [-0.39, 0.29) is 11.8 Å². The van der Waals surface area contributed by atoms with Crippen molar-refractivity contribution in [3.05, 3.63) is 96.1 Å². The second kappa shape index (κ2) is 8.82. The smallest absolute Gasteiger partial charge is 0.220 e. The lowest BCUT2D eigenvalue weighted by Gasteiger charge is -2.17. The summed E-state index contributed by atoms with van der Waals surface area (Å²) in [5, 5.41) is 4.23. The number of hydrogen-bond acceptors (Lipinski definition) is 2. The summed E-state index contributed by atoms with van der Waals surface area (Å²) < 4.78 is 7.48. The van der Waals surface area contributed by atoms with Crippen LogP contribution >= 0.6 is 0 Å². The third-order valence-corrected chi connectivity index (χ3v) is 5.46. The summed E-state index contributed by atoms with van der Waals surface area (Å²) in [6.07, 6.45) is 6.13. The predicted octanol–water partition coefficient (Wildman–Crippen LogP) is 5.19. The number of rotatable bonds is 8. The van der Waals surface area contributed by atoms with Crippen molar-refractivity contribution < 1.29 is 9.21 Å². The Morgan fingerprint density at radius 3 is 2.62 bits per heavy atom. The second-order valence-corrected chi connectivity index (χ2v) is 7.49. The maximum atomic E-state index is 12.7. The highest BCUT2D eigenvalue weighted by Gasteiger charge is 2.20. The highest BCUT2D eigenvalue weighted by atomic mass is 16.3. The summed E-state index contributed by atoms with van der Waals surface area (Å²) in [4.78, 5) is 12.7. The standard InChI is InChI=1S/C25H26N2O2/c1-27-18-23(22-11-5-6-12-24(22)27)20(14-13-19-8-3-2-4-9-19)16-25(28)26-17-21-10-7-15-29-21/h2-12,15,18,20H,13-14,16-17H2,1H3,(H,26,28). The molecule has 2 aromatic heterocycles. The Hall–Kier alpha value is -3.27. The molecule has 0 bridgehead atoms. The van der Waals surface area contributed by atoms with Gasteiger partial charge in [0.05, 0.1) is 12.8 Å². The molecule has 0 fully saturated rings. The molecule has 1 unspecified atom stereocenters. The van der Waals surface area contributed by atoms with Crippen LogP contribution < -0.4 is 5.32 Å². The number of para-hydroxylation sites is 1. The van der Waals surface area contributed by atoms with Gasteiger partial charge in [0, 0.05) is 30.6 Å². The van der Waals surface area contributed by atoms with Gasteiger partial charge in [-0.05, 0) is 48.1 Å². The van der Waals surface area contributed by atoms with Gasteiger partial charge in [0.15, 0.2) is 0 Å². The SMILES string of the molecule is Cn1cc(C(CCc2ccccc2)CC(=O)NCc2ccco2)c2ccccc21. The molecule has 29 heavy (non-hydrogen) atoms. The van der Waals surface area contributed by atoms with Crippen molar-refractivity contribution in [1.82, 2.24) is 9.88 Å². The number of furan rings is 1. The Kier molecular flexibility index (Phi) is 5.80. The molecule has 4 rings (SSSR count). The molecular weight excluding hydrogens is 360 g/mol. The van der Waals surface area contributed by atoms with Crippen LogP contribution in [0.15, 0.2) is 83.6 Å². The van der Waals surface area contributed by atoms with Gasteiger partial charge < -0.3 is 14.3 Å². The molecule has 0 saturated carbocycles. The largest absolute Gasteiger partial charge is 0.467 e. The lowest BCUT2D eigenvalue weighted by molar-refractivity contribution is -0.121. The lowest BCUT2D eigenvalue weighted by atomic mass is 9.89. The molecule has 4 heteroatoms. The Balaban J connectivity index is 1.53. The van der Waals surface area contributed by atoms with E-state index in [1.54, 1.807) is 6.26 Å². The first-order chi connectivity index (χ1) is 14.2. The molecule has 0 saturated heterocycles. The van der Waals surface area contributed by atoms with Crippen molar-refractivity contribution in [3.63, 3.8) is 0 Å². The number of nitrogens with zero attached hydrogens (tertiary/aromatic N) is 1. The van der Waals surface area contributed by atoms with Gasteiger partial charge in [0.2, 0.25) is 5.91 Å². The Morgan fingerprint density at radius 1 is 1.03 bits per heavy atom. The van der Waals surface area contributed by atoms with Gasteiger partial charge in [-0.15, -0.1) is 0 Å². The summed E-state index contributed by atoms with van der Waals surface area (Å²) in [5.41, 5.74) is 3.74. The molecule has 1 atom stereocenters. The van der Waals surface area contributed by atoms with Crippen molar-refractivity contribution in [1.29, 1.82) is 0 Å². The van der Waals surface area contributed by atoms with Gasteiger partial charge in [-0.25, -0.2) is 0 Å². The Labute approximate surface area is 171 Å². The number of benzene rings is 2. The predicted molar refractivity (Wildman–Crippen MR) is 116 cm³/mol. The fraction of sp³-hybridized carbons (Fsp3) is 0.240. The van der Waals surface area contributed by atoms with E-state index in [0.717, 1.165) is 18.6 Å². The molecule has 0 spiro atoms. The first-order valence-electron chi connectivity index (χ1n) is 10.1. The summed E-state index contributed by atoms with van der Waals surface area (Å²) in [6, 6.07) is 22.6. The monoisotopic (exact) mass is 386 g/mol. The van der Waals surface area contributed by atoms with Crippen LogP contribution in [0.1, 0.15) is 35.6 Å². The number of aromatic nitrogens is 1. The van der Waals surface area contributed by atoms with Crippen molar-refractivity contribution >= 4 is 16.8 Å². The molecule has 0 aliphatic rings. The number of hydrogen-bond donors (Lipinski definition) is 1.